The van der Waals surface area contributed by atoms with Crippen LogP contribution >= 0.6 is 0 Å². The van der Waals surface area contributed by atoms with Crippen molar-refractivity contribution in [3.63, 3.8) is 0 Å². The lowest BCUT2D eigenvalue weighted by molar-refractivity contribution is -0.117. The number of hydrogen-bond acceptors (Lipinski definition) is 5. The summed E-state index contributed by atoms with van der Waals surface area (Å²) in [5.74, 6) is 2.84. The first-order valence-electron chi connectivity index (χ1n) is 10.1. The second kappa shape index (κ2) is 10.1. The molecule has 1 heterocycles. The van der Waals surface area contributed by atoms with E-state index in [0.29, 0.717) is 24.7 Å². The third-order valence-corrected chi connectivity index (χ3v) is 4.95. The SMILES string of the molecule is COc1ccc(OC)c(C=CC(=O)NC(c2ccc3c(c2)OCCCO3)C(C)C)c1. The summed E-state index contributed by atoms with van der Waals surface area (Å²) in [6.45, 7) is 5.42. The molecule has 30 heavy (non-hydrogen) atoms. The van der Waals surface area contributed by atoms with Crippen molar-refractivity contribution in [2.75, 3.05) is 27.4 Å². The second-order valence-electron chi connectivity index (χ2n) is 7.43. The van der Waals surface area contributed by atoms with Gasteiger partial charge in [0.05, 0.1) is 33.5 Å². The summed E-state index contributed by atoms with van der Waals surface area (Å²) in [6, 6.07) is 11.1. The number of methoxy groups -OCH3 is 2. The first-order chi connectivity index (χ1) is 14.5. The van der Waals surface area contributed by atoms with E-state index in [0.717, 1.165) is 29.0 Å². The van der Waals surface area contributed by atoms with E-state index in [-0.39, 0.29) is 17.9 Å². The summed E-state index contributed by atoms with van der Waals surface area (Å²) in [7, 11) is 3.20. The molecule has 1 atom stereocenters. The Labute approximate surface area is 177 Å². The average Bonchev–Trinajstić information content (AvgIpc) is 3.00. The van der Waals surface area contributed by atoms with Crippen molar-refractivity contribution in [1.82, 2.24) is 5.32 Å². The molecule has 0 saturated carbocycles. The third-order valence-electron chi connectivity index (χ3n) is 4.95. The molecular formula is C24H29NO5. The number of amides is 1. The van der Waals surface area contributed by atoms with Crippen LogP contribution in [0.2, 0.25) is 0 Å². The van der Waals surface area contributed by atoms with Gasteiger partial charge < -0.3 is 24.3 Å². The zero-order valence-corrected chi connectivity index (χ0v) is 17.9. The summed E-state index contributed by atoms with van der Waals surface area (Å²) in [6.07, 6.45) is 4.09. The van der Waals surface area contributed by atoms with Crippen LogP contribution in [0.15, 0.2) is 42.5 Å². The van der Waals surface area contributed by atoms with Crippen LogP contribution in [0.4, 0.5) is 0 Å². The highest BCUT2D eigenvalue weighted by Crippen LogP contribution is 2.34. The highest BCUT2D eigenvalue weighted by molar-refractivity contribution is 5.92. The smallest absolute Gasteiger partial charge is 0.244 e. The molecule has 1 amide bonds. The number of fused-ring (bicyclic) bond motifs is 1. The zero-order valence-electron chi connectivity index (χ0n) is 17.9. The van der Waals surface area contributed by atoms with Crippen LogP contribution in [0.25, 0.3) is 6.08 Å². The highest BCUT2D eigenvalue weighted by atomic mass is 16.5. The fraction of sp³-hybridized carbons (Fsp3) is 0.375. The van der Waals surface area contributed by atoms with Crippen molar-refractivity contribution >= 4 is 12.0 Å². The maximum Gasteiger partial charge on any atom is 0.244 e. The first kappa shape index (κ1) is 21.6. The van der Waals surface area contributed by atoms with Crippen LogP contribution in [-0.4, -0.2) is 33.3 Å². The minimum Gasteiger partial charge on any atom is -0.497 e. The minimum atomic E-state index is -0.189. The zero-order chi connectivity index (χ0) is 21.5. The summed E-state index contributed by atoms with van der Waals surface area (Å²) in [5.41, 5.74) is 1.75. The third kappa shape index (κ3) is 5.26. The Kier molecular flexibility index (Phi) is 7.22. The van der Waals surface area contributed by atoms with E-state index in [9.17, 15) is 4.79 Å². The number of nitrogens with one attached hydrogen (secondary N) is 1. The molecule has 1 aliphatic rings. The van der Waals surface area contributed by atoms with E-state index in [1.54, 1.807) is 20.3 Å². The molecule has 2 aromatic rings. The molecule has 0 bridgehead atoms. The summed E-state index contributed by atoms with van der Waals surface area (Å²) >= 11 is 0. The van der Waals surface area contributed by atoms with Crippen molar-refractivity contribution in [3.8, 4) is 23.0 Å². The fourth-order valence-electron chi connectivity index (χ4n) is 3.34. The normalized spacial score (nSPS) is 14.3. The van der Waals surface area contributed by atoms with E-state index >= 15 is 0 Å². The molecule has 3 rings (SSSR count). The first-order valence-corrected chi connectivity index (χ1v) is 10.1. The van der Waals surface area contributed by atoms with Gasteiger partial charge in [-0.1, -0.05) is 19.9 Å². The van der Waals surface area contributed by atoms with Gasteiger partial charge in [-0.2, -0.15) is 0 Å². The Hall–Kier alpha value is -3.15. The monoisotopic (exact) mass is 411 g/mol. The minimum absolute atomic E-state index is 0.161. The lowest BCUT2D eigenvalue weighted by Gasteiger charge is -2.23. The van der Waals surface area contributed by atoms with Gasteiger partial charge in [-0.15, -0.1) is 0 Å². The van der Waals surface area contributed by atoms with E-state index in [4.69, 9.17) is 18.9 Å². The van der Waals surface area contributed by atoms with Crippen molar-refractivity contribution < 1.29 is 23.7 Å². The molecule has 0 saturated heterocycles. The van der Waals surface area contributed by atoms with Gasteiger partial charge in [0.1, 0.15) is 11.5 Å². The van der Waals surface area contributed by atoms with E-state index in [1.165, 1.54) is 6.08 Å². The molecule has 6 nitrogen and oxygen atoms in total. The maximum atomic E-state index is 12.7. The van der Waals surface area contributed by atoms with Crippen molar-refractivity contribution in [2.24, 2.45) is 5.92 Å². The summed E-state index contributed by atoms with van der Waals surface area (Å²) in [5, 5.41) is 3.10. The Morgan fingerprint density at radius 1 is 1.03 bits per heavy atom. The molecule has 0 spiro atoms. The number of carbonyl (C=O) groups excluding carboxylic acids is 1. The van der Waals surface area contributed by atoms with Gasteiger partial charge in [-0.3, -0.25) is 4.79 Å². The van der Waals surface area contributed by atoms with Gasteiger partial charge in [0.25, 0.3) is 0 Å². The molecule has 160 valence electrons. The number of rotatable bonds is 7. The van der Waals surface area contributed by atoms with E-state index in [2.05, 4.69) is 19.2 Å². The van der Waals surface area contributed by atoms with Crippen LogP contribution < -0.4 is 24.3 Å². The largest absolute Gasteiger partial charge is 0.497 e. The highest BCUT2D eigenvalue weighted by Gasteiger charge is 2.20. The van der Waals surface area contributed by atoms with Gasteiger partial charge in [0.2, 0.25) is 5.91 Å². The number of hydrogen-bond donors (Lipinski definition) is 1. The van der Waals surface area contributed by atoms with Crippen LogP contribution in [-0.2, 0) is 4.79 Å². The van der Waals surface area contributed by atoms with Crippen molar-refractivity contribution in [1.29, 1.82) is 0 Å². The molecule has 0 aromatic heterocycles. The van der Waals surface area contributed by atoms with Crippen molar-refractivity contribution in [3.05, 3.63) is 53.6 Å². The van der Waals surface area contributed by atoms with Gasteiger partial charge in [0, 0.05) is 18.1 Å². The average molecular weight is 411 g/mol. The Morgan fingerprint density at radius 2 is 1.80 bits per heavy atom. The van der Waals surface area contributed by atoms with Crippen LogP contribution in [0.1, 0.15) is 37.4 Å². The lowest BCUT2D eigenvalue weighted by atomic mass is 9.95. The second-order valence-corrected chi connectivity index (χ2v) is 7.43. The fourth-order valence-corrected chi connectivity index (χ4v) is 3.34. The molecule has 1 aliphatic heterocycles. The lowest BCUT2D eigenvalue weighted by Crippen LogP contribution is -2.30. The standard InChI is InChI=1S/C24H29NO5/c1-16(2)24(18-6-9-21-22(15-18)30-13-5-12-29-21)25-23(26)11-7-17-14-19(27-3)8-10-20(17)28-4/h6-11,14-16,24H,5,12-13H2,1-4H3,(H,25,26). The Balaban J connectivity index is 1.77. The number of carbonyl (C=O) groups is 1. The predicted octanol–water partition coefficient (Wildman–Crippen LogP) is 4.39. The molecule has 1 N–H and O–H groups in total. The summed E-state index contributed by atoms with van der Waals surface area (Å²) in [4.78, 5) is 12.7. The van der Waals surface area contributed by atoms with Crippen LogP contribution in [0, 0.1) is 5.92 Å². The van der Waals surface area contributed by atoms with Crippen molar-refractivity contribution in [2.45, 2.75) is 26.3 Å². The molecule has 0 fully saturated rings. The quantitative estimate of drug-likeness (QED) is 0.685. The van der Waals surface area contributed by atoms with E-state index < -0.39 is 0 Å². The molecule has 6 heteroatoms. The molecule has 1 unspecified atom stereocenters. The number of ether oxygens (including phenoxy) is 4. The molecular weight excluding hydrogens is 382 g/mol. The Morgan fingerprint density at radius 3 is 2.50 bits per heavy atom. The van der Waals surface area contributed by atoms with Gasteiger partial charge in [0.15, 0.2) is 11.5 Å². The van der Waals surface area contributed by atoms with Crippen LogP contribution in [0.3, 0.4) is 0 Å². The van der Waals surface area contributed by atoms with Gasteiger partial charge in [-0.25, -0.2) is 0 Å². The predicted molar refractivity (Wildman–Crippen MR) is 116 cm³/mol. The molecule has 2 aromatic carbocycles. The van der Waals surface area contributed by atoms with Crippen LogP contribution in [0.5, 0.6) is 23.0 Å². The van der Waals surface area contributed by atoms with Gasteiger partial charge in [-0.05, 0) is 47.9 Å². The van der Waals surface area contributed by atoms with Gasteiger partial charge >= 0.3 is 0 Å². The number of benzene rings is 2. The topological polar surface area (TPSA) is 66.0 Å². The van der Waals surface area contributed by atoms with E-state index in [1.807, 2.05) is 36.4 Å². The maximum absolute atomic E-state index is 12.7. The molecule has 0 aliphatic carbocycles. The molecule has 0 radical (unpaired) electrons. The summed E-state index contributed by atoms with van der Waals surface area (Å²) < 4.78 is 22.1. The Bertz CT molecular complexity index is 906.